The number of aryl methyl sites for hydroxylation is 1. The number of sulfone groups is 1. The van der Waals surface area contributed by atoms with Crippen LogP contribution in [-0.4, -0.2) is 49.8 Å². The lowest BCUT2D eigenvalue weighted by Crippen LogP contribution is -2.57. The van der Waals surface area contributed by atoms with Gasteiger partial charge in [0.15, 0.2) is 15.4 Å². The zero-order chi connectivity index (χ0) is 17.0. The Morgan fingerprint density at radius 1 is 1.22 bits per heavy atom. The van der Waals surface area contributed by atoms with Crippen molar-refractivity contribution in [3.63, 3.8) is 0 Å². The molecule has 0 bridgehead atoms. The molecular formula is C13H16N2O6S2. The first-order chi connectivity index (χ1) is 10.7. The smallest absolute Gasteiger partial charge is 0.408 e. The minimum absolute atomic E-state index is 0.00531. The van der Waals surface area contributed by atoms with E-state index in [1.54, 1.807) is 6.92 Å². The second-order valence-electron chi connectivity index (χ2n) is 5.45. The summed E-state index contributed by atoms with van der Waals surface area (Å²) < 4.78 is 55.9. The van der Waals surface area contributed by atoms with Crippen LogP contribution < -0.4 is 5.76 Å². The van der Waals surface area contributed by atoms with Gasteiger partial charge < -0.3 is 4.42 Å². The first kappa shape index (κ1) is 16.2. The highest BCUT2D eigenvalue weighted by atomic mass is 32.2. The Kier molecular flexibility index (Phi) is 3.65. The van der Waals surface area contributed by atoms with Crippen LogP contribution in [0.1, 0.15) is 6.92 Å². The summed E-state index contributed by atoms with van der Waals surface area (Å²) in [6.07, 6.45) is 0. The summed E-state index contributed by atoms with van der Waals surface area (Å²) in [4.78, 5) is 11.5. The second-order valence-corrected chi connectivity index (χ2v) is 9.96. The lowest BCUT2D eigenvalue weighted by molar-refractivity contribution is 0.310. The topological polar surface area (TPSA) is 107 Å². The molecule has 1 aliphatic heterocycles. The van der Waals surface area contributed by atoms with Crippen LogP contribution in [0.5, 0.6) is 0 Å². The van der Waals surface area contributed by atoms with Crippen molar-refractivity contribution in [3.8, 4) is 0 Å². The Bertz CT molecular complexity index is 1030. The van der Waals surface area contributed by atoms with Crippen molar-refractivity contribution in [2.24, 2.45) is 7.05 Å². The molecule has 0 amide bonds. The summed E-state index contributed by atoms with van der Waals surface area (Å²) in [6.45, 7) is 1.46. The van der Waals surface area contributed by atoms with Gasteiger partial charge in [0.1, 0.15) is 0 Å². The van der Waals surface area contributed by atoms with Gasteiger partial charge in [-0.25, -0.2) is 21.6 Å². The van der Waals surface area contributed by atoms with Crippen LogP contribution in [0.15, 0.2) is 32.3 Å². The fourth-order valence-corrected chi connectivity index (χ4v) is 5.50. The molecule has 126 valence electrons. The summed E-state index contributed by atoms with van der Waals surface area (Å²) in [6, 6.07) is 4.13. The van der Waals surface area contributed by atoms with E-state index < -0.39 is 30.9 Å². The monoisotopic (exact) mass is 360 g/mol. The van der Waals surface area contributed by atoms with Gasteiger partial charge in [-0.3, -0.25) is 4.57 Å². The molecule has 23 heavy (non-hydrogen) atoms. The lowest BCUT2D eigenvalue weighted by atomic mass is 10.3. The average molecular weight is 360 g/mol. The normalized spacial score (nSPS) is 17.5. The van der Waals surface area contributed by atoms with Gasteiger partial charge in [0.25, 0.3) is 0 Å². The Morgan fingerprint density at radius 2 is 1.87 bits per heavy atom. The summed E-state index contributed by atoms with van der Waals surface area (Å²) in [5.41, 5.74) is 0.667. The van der Waals surface area contributed by atoms with Crippen molar-refractivity contribution in [1.29, 1.82) is 0 Å². The number of rotatable bonds is 4. The largest absolute Gasteiger partial charge is 0.419 e. The fourth-order valence-electron chi connectivity index (χ4n) is 2.48. The van der Waals surface area contributed by atoms with Crippen LogP contribution in [0, 0.1) is 0 Å². The molecule has 0 N–H and O–H groups in total. The highest BCUT2D eigenvalue weighted by Gasteiger charge is 2.42. The van der Waals surface area contributed by atoms with Crippen molar-refractivity contribution < 1.29 is 21.3 Å². The van der Waals surface area contributed by atoms with Gasteiger partial charge in [0, 0.05) is 25.9 Å². The first-order valence-electron chi connectivity index (χ1n) is 6.98. The van der Waals surface area contributed by atoms with Gasteiger partial charge in [-0.2, -0.15) is 4.31 Å². The average Bonchev–Trinajstić information content (AvgIpc) is 2.71. The number of aromatic nitrogens is 1. The molecule has 2 heterocycles. The Balaban J connectivity index is 1.93. The van der Waals surface area contributed by atoms with E-state index in [9.17, 15) is 21.6 Å². The van der Waals surface area contributed by atoms with Crippen molar-refractivity contribution >= 4 is 31.0 Å². The zero-order valence-electron chi connectivity index (χ0n) is 12.6. The summed E-state index contributed by atoms with van der Waals surface area (Å²) in [5, 5.41) is -0.649. The Hall–Kier alpha value is -1.65. The third-order valence-electron chi connectivity index (χ3n) is 4.13. The van der Waals surface area contributed by atoms with E-state index in [4.69, 9.17) is 4.42 Å². The van der Waals surface area contributed by atoms with Gasteiger partial charge >= 0.3 is 5.76 Å². The van der Waals surface area contributed by atoms with E-state index in [-0.39, 0.29) is 23.7 Å². The molecule has 0 radical (unpaired) electrons. The van der Waals surface area contributed by atoms with Crippen LogP contribution in [0.3, 0.4) is 0 Å². The lowest BCUT2D eigenvalue weighted by Gasteiger charge is -2.37. The third-order valence-corrected chi connectivity index (χ3v) is 8.07. The molecule has 10 heteroatoms. The Morgan fingerprint density at radius 3 is 2.48 bits per heavy atom. The van der Waals surface area contributed by atoms with Gasteiger partial charge in [0.2, 0.25) is 10.0 Å². The van der Waals surface area contributed by atoms with E-state index >= 15 is 0 Å². The number of nitrogens with zero attached hydrogens (tertiary/aromatic N) is 2. The highest BCUT2D eigenvalue weighted by molar-refractivity contribution is 7.92. The van der Waals surface area contributed by atoms with Crippen molar-refractivity contribution in [3.05, 3.63) is 28.7 Å². The molecule has 0 saturated carbocycles. The molecule has 1 aliphatic rings. The van der Waals surface area contributed by atoms with Crippen LogP contribution in [0.2, 0.25) is 0 Å². The minimum atomic E-state index is -3.79. The molecule has 1 saturated heterocycles. The molecule has 1 fully saturated rings. The van der Waals surface area contributed by atoms with Crippen LogP contribution >= 0.6 is 0 Å². The fraction of sp³-hybridized carbons (Fsp3) is 0.462. The minimum Gasteiger partial charge on any atom is -0.408 e. The summed E-state index contributed by atoms with van der Waals surface area (Å²) >= 11 is 0. The second kappa shape index (κ2) is 5.18. The van der Waals surface area contributed by atoms with Gasteiger partial charge in [-0.15, -0.1) is 0 Å². The predicted octanol–water partition coefficient (Wildman–Crippen LogP) is -0.0609. The van der Waals surface area contributed by atoms with Gasteiger partial charge in [-0.05, 0) is 18.2 Å². The SMILES string of the molecule is CCS(=O)(=O)C1CN(S(=O)(=O)c2ccc3oc(=O)n(C)c3c2)C1. The van der Waals surface area contributed by atoms with Crippen LogP contribution in [-0.2, 0) is 26.9 Å². The molecule has 0 aliphatic carbocycles. The van der Waals surface area contributed by atoms with E-state index in [1.165, 1.54) is 29.8 Å². The molecular weight excluding hydrogens is 344 g/mol. The zero-order valence-corrected chi connectivity index (χ0v) is 14.2. The molecule has 8 nitrogen and oxygen atoms in total. The molecule has 0 spiro atoms. The first-order valence-corrected chi connectivity index (χ1v) is 10.1. The molecule has 3 rings (SSSR count). The molecule has 1 aromatic carbocycles. The van der Waals surface area contributed by atoms with Crippen molar-refractivity contribution in [2.75, 3.05) is 18.8 Å². The van der Waals surface area contributed by atoms with Gasteiger partial charge in [-0.1, -0.05) is 6.92 Å². The van der Waals surface area contributed by atoms with Crippen LogP contribution in [0.25, 0.3) is 11.1 Å². The highest BCUT2D eigenvalue weighted by Crippen LogP contribution is 2.27. The molecule has 1 aromatic heterocycles. The summed E-state index contributed by atoms with van der Waals surface area (Å²) in [5.74, 6) is -0.582. The van der Waals surface area contributed by atoms with Crippen LogP contribution in [0.4, 0.5) is 0 Å². The number of hydrogen-bond acceptors (Lipinski definition) is 6. The maximum Gasteiger partial charge on any atom is 0.419 e. The van der Waals surface area contributed by atoms with E-state index in [0.717, 1.165) is 4.31 Å². The summed E-state index contributed by atoms with van der Waals surface area (Å²) in [7, 11) is -5.55. The number of hydrogen-bond donors (Lipinski definition) is 0. The van der Waals surface area contributed by atoms with E-state index in [1.807, 2.05) is 0 Å². The predicted molar refractivity (Wildman–Crippen MR) is 83.5 cm³/mol. The Labute approximate surface area is 133 Å². The molecule has 0 unspecified atom stereocenters. The number of fused-ring (bicyclic) bond motifs is 1. The standard InChI is InChI=1S/C13H16N2O6S2/c1-3-22(17,18)10-7-15(8-10)23(19,20)9-4-5-12-11(6-9)14(2)13(16)21-12/h4-6,10H,3,7-8H2,1-2H3. The third kappa shape index (κ3) is 2.50. The quantitative estimate of drug-likeness (QED) is 0.756. The van der Waals surface area contributed by atoms with Crippen molar-refractivity contribution in [1.82, 2.24) is 8.87 Å². The van der Waals surface area contributed by atoms with Crippen molar-refractivity contribution in [2.45, 2.75) is 17.1 Å². The van der Waals surface area contributed by atoms with Gasteiger partial charge in [0.05, 0.1) is 15.7 Å². The molecule has 0 atom stereocenters. The van der Waals surface area contributed by atoms with E-state index in [0.29, 0.717) is 11.1 Å². The molecule has 2 aromatic rings. The maximum atomic E-state index is 12.6. The maximum absolute atomic E-state index is 12.6. The number of sulfonamides is 1. The number of benzene rings is 1. The van der Waals surface area contributed by atoms with E-state index in [2.05, 4.69) is 0 Å². The number of oxazole rings is 1.